The average Bonchev–Trinajstić information content (AvgIpc) is 2.73. The van der Waals surface area contributed by atoms with Crippen molar-refractivity contribution >= 4 is 33.0 Å². The fourth-order valence-electron chi connectivity index (χ4n) is 2.11. The summed E-state index contributed by atoms with van der Waals surface area (Å²) in [6, 6.07) is 3.08. The fourth-order valence-corrected chi connectivity index (χ4v) is 3.67. The summed E-state index contributed by atoms with van der Waals surface area (Å²) in [5, 5.41) is 5.42. The molecule has 0 unspecified atom stereocenters. The monoisotopic (exact) mass is 427 g/mol. The first kappa shape index (κ1) is 20.8. The van der Waals surface area contributed by atoms with Crippen LogP contribution in [0.3, 0.4) is 0 Å². The molecule has 13 heteroatoms. The van der Waals surface area contributed by atoms with Crippen molar-refractivity contribution in [2.45, 2.75) is 18.3 Å². The quantitative estimate of drug-likeness (QED) is 0.787. The van der Waals surface area contributed by atoms with Crippen LogP contribution in [0.25, 0.3) is 0 Å². The summed E-state index contributed by atoms with van der Waals surface area (Å²) in [5.41, 5.74) is -0.312. The van der Waals surface area contributed by atoms with Crippen molar-refractivity contribution in [3.05, 3.63) is 23.2 Å². The molecule has 0 radical (unpaired) electrons. The van der Waals surface area contributed by atoms with Crippen molar-refractivity contribution in [3.8, 4) is 17.4 Å². The van der Waals surface area contributed by atoms with Crippen LogP contribution in [-0.4, -0.2) is 36.7 Å². The van der Waals surface area contributed by atoms with Gasteiger partial charge in [-0.05, 0) is 12.1 Å². The number of halogens is 4. The molecule has 148 valence electrons. The number of nitrogens with one attached hydrogen (secondary N) is 1. The summed E-state index contributed by atoms with van der Waals surface area (Å²) >= 11 is 5.98. The summed E-state index contributed by atoms with van der Waals surface area (Å²) in [5.74, 6) is -1.64. The van der Waals surface area contributed by atoms with E-state index in [1.807, 2.05) is 0 Å². The van der Waals surface area contributed by atoms with Gasteiger partial charge in [0, 0.05) is 26.3 Å². The average molecular weight is 428 g/mol. The van der Waals surface area contributed by atoms with E-state index >= 15 is 0 Å². The third kappa shape index (κ3) is 5.26. The Balaban J connectivity index is 2.42. The van der Waals surface area contributed by atoms with E-state index in [1.54, 1.807) is 0 Å². The highest BCUT2D eigenvalue weighted by Gasteiger charge is 2.32. The van der Waals surface area contributed by atoms with Crippen LogP contribution < -0.4 is 14.8 Å². The molecule has 0 atom stereocenters. The largest absolute Gasteiger partial charge is 0.573 e. The van der Waals surface area contributed by atoms with Gasteiger partial charge in [0.15, 0.2) is 20.6 Å². The van der Waals surface area contributed by atoms with Gasteiger partial charge in [-0.15, -0.1) is 18.3 Å². The number of nitrogens with zero attached hydrogens (tertiary/aromatic N) is 2. The number of anilines is 1. The van der Waals surface area contributed by atoms with E-state index in [4.69, 9.17) is 16.3 Å². The highest BCUT2D eigenvalue weighted by molar-refractivity contribution is 7.90. The van der Waals surface area contributed by atoms with Gasteiger partial charge in [-0.3, -0.25) is 9.48 Å². The molecule has 2 aromatic rings. The lowest BCUT2D eigenvalue weighted by molar-refractivity contribution is -0.274. The Hall–Kier alpha value is -2.47. The van der Waals surface area contributed by atoms with E-state index in [0.29, 0.717) is 0 Å². The zero-order valence-electron chi connectivity index (χ0n) is 14.1. The summed E-state index contributed by atoms with van der Waals surface area (Å²) in [6.45, 7) is 1.10. The van der Waals surface area contributed by atoms with E-state index in [0.717, 1.165) is 36.1 Å². The van der Waals surface area contributed by atoms with Crippen molar-refractivity contribution in [3.63, 3.8) is 0 Å². The SMILES string of the molecule is CC(=O)Nc1cc(Oc2nn(C)c(S(C)(=O)=O)c2Cl)ccc1OC(F)(F)F. The van der Waals surface area contributed by atoms with Gasteiger partial charge in [-0.2, -0.15) is 0 Å². The number of sulfone groups is 1. The first-order chi connectivity index (χ1) is 12.3. The van der Waals surface area contributed by atoms with Gasteiger partial charge >= 0.3 is 6.36 Å². The van der Waals surface area contributed by atoms with Crippen LogP contribution in [-0.2, 0) is 21.7 Å². The summed E-state index contributed by atoms with van der Waals surface area (Å²) in [7, 11) is -2.37. The zero-order chi connectivity index (χ0) is 20.6. The molecule has 0 aliphatic heterocycles. The van der Waals surface area contributed by atoms with Gasteiger partial charge in [-0.1, -0.05) is 11.6 Å². The number of carbonyl (C=O) groups is 1. The van der Waals surface area contributed by atoms with Crippen molar-refractivity contribution in [1.82, 2.24) is 9.78 Å². The number of aryl methyl sites for hydroxylation is 1. The number of rotatable bonds is 5. The van der Waals surface area contributed by atoms with Crippen molar-refractivity contribution in [2.24, 2.45) is 7.05 Å². The Kier molecular flexibility index (Phi) is 5.61. The molecular formula is C14H13ClF3N3O5S. The second-order valence-electron chi connectivity index (χ2n) is 5.31. The topological polar surface area (TPSA) is 99.5 Å². The highest BCUT2D eigenvalue weighted by atomic mass is 35.5. The van der Waals surface area contributed by atoms with E-state index in [1.165, 1.54) is 7.05 Å². The van der Waals surface area contributed by atoms with Crippen molar-refractivity contribution in [2.75, 3.05) is 11.6 Å². The summed E-state index contributed by atoms with van der Waals surface area (Å²) in [4.78, 5) is 11.2. The lowest BCUT2D eigenvalue weighted by atomic mass is 10.2. The highest BCUT2D eigenvalue weighted by Crippen LogP contribution is 2.37. The molecule has 1 N–H and O–H groups in total. The maximum absolute atomic E-state index is 12.5. The lowest BCUT2D eigenvalue weighted by Crippen LogP contribution is -2.19. The third-order valence-corrected chi connectivity index (χ3v) is 4.59. The van der Waals surface area contributed by atoms with Crippen LogP contribution in [0, 0.1) is 0 Å². The number of hydrogen-bond acceptors (Lipinski definition) is 6. The smallest absolute Gasteiger partial charge is 0.436 e. The summed E-state index contributed by atoms with van der Waals surface area (Å²) in [6.07, 6.45) is -4.04. The normalized spacial score (nSPS) is 12.0. The minimum atomic E-state index is -4.97. The van der Waals surface area contributed by atoms with E-state index in [2.05, 4.69) is 15.2 Å². The second kappa shape index (κ2) is 7.27. The van der Waals surface area contributed by atoms with Crippen LogP contribution in [0.2, 0.25) is 5.02 Å². The molecule has 0 aliphatic carbocycles. The van der Waals surface area contributed by atoms with Gasteiger partial charge < -0.3 is 14.8 Å². The zero-order valence-corrected chi connectivity index (χ0v) is 15.7. The molecule has 1 heterocycles. The van der Waals surface area contributed by atoms with Gasteiger partial charge in [0.05, 0.1) is 5.69 Å². The van der Waals surface area contributed by atoms with Gasteiger partial charge in [0.2, 0.25) is 5.91 Å². The number of carbonyl (C=O) groups excluding carboxylic acids is 1. The molecule has 1 amide bonds. The molecule has 0 aliphatic rings. The van der Waals surface area contributed by atoms with E-state index in [-0.39, 0.29) is 27.4 Å². The van der Waals surface area contributed by atoms with Crippen LogP contribution in [0.5, 0.6) is 17.4 Å². The number of alkyl halides is 3. The van der Waals surface area contributed by atoms with E-state index < -0.39 is 27.9 Å². The molecule has 1 aromatic heterocycles. The Morgan fingerprint density at radius 2 is 1.96 bits per heavy atom. The van der Waals surface area contributed by atoms with E-state index in [9.17, 15) is 26.4 Å². The van der Waals surface area contributed by atoms with Crippen LogP contribution in [0.4, 0.5) is 18.9 Å². The fraction of sp³-hybridized carbons (Fsp3) is 0.286. The van der Waals surface area contributed by atoms with Gasteiger partial charge in [0.25, 0.3) is 5.88 Å². The molecule has 0 saturated heterocycles. The number of hydrogen-bond donors (Lipinski definition) is 1. The van der Waals surface area contributed by atoms with Gasteiger partial charge in [-0.25, -0.2) is 8.42 Å². The molecule has 2 rings (SSSR count). The predicted octanol–water partition coefficient (Wildman–Crippen LogP) is 3.13. The Labute approximate surface area is 156 Å². The number of ether oxygens (including phenoxy) is 2. The number of aromatic nitrogens is 2. The Morgan fingerprint density at radius 1 is 1.33 bits per heavy atom. The minimum absolute atomic E-state index is 0.0617. The molecule has 27 heavy (non-hydrogen) atoms. The third-order valence-electron chi connectivity index (χ3n) is 2.96. The second-order valence-corrected chi connectivity index (χ2v) is 7.62. The molecule has 8 nitrogen and oxygen atoms in total. The van der Waals surface area contributed by atoms with Crippen LogP contribution in [0.15, 0.2) is 23.2 Å². The number of amides is 1. The minimum Gasteiger partial charge on any atom is -0.436 e. The molecule has 0 saturated carbocycles. The first-order valence-corrected chi connectivity index (χ1v) is 9.32. The Bertz CT molecular complexity index is 989. The molecule has 0 bridgehead atoms. The van der Waals surface area contributed by atoms with Crippen LogP contribution >= 0.6 is 11.6 Å². The lowest BCUT2D eigenvalue weighted by Gasteiger charge is -2.14. The standard InChI is InChI=1S/C14H13ClF3N3O5S/c1-7(22)19-9-6-8(4-5-10(9)26-14(16,17)18)25-12-11(15)13(21(2)20-12)27(3,23)24/h4-6H,1-3H3,(H,19,22). The first-order valence-electron chi connectivity index (χ1n) is 7.05. The number of benzene rings is 1. The molecule has 0 spiro atoms. The predicted molar refractivity (Wildman–Crippen MR) is 88.8 cm³/mol. The molecular weight excluding hydrogens is 415 g/mol. The van der Waals surface area contributed by atoms with Crippen molar-refractivity contribution < 1.29 is 35.9 Å². The van der Waals surface area contributed by atoms with Crippen LogP contribution in [0.1, 0.15) is 6.92 Å². The molecule has 0 fully saturated rings. The van der Waals surface area contributed by atoms with Gasteiger partial charge in [0.1, 0.15) is 10.8 Å². The maximum Gasteiger partial charge on any atom is 0.573 e. The van der Waals surface area contributed by atoms with Crippen molar-refractivity contribution in [1.29, 1.82) is 0 Å². The molecule has 1 aromatic carbocycles. The Morgan fingerprint density at radius 3 is 2.44 bits per heavy atom. The maximum atomic E-state index is 12.5. The summed E-state index contributed by atoms with van der Waals surface area (Å²) < 4.78 is 71.0.